The van der Waals surface area contributed by atoms with Crippen molar-refractivity contribution >= 4 is 0 Å². The first-order valence-corrected chi connectivity index (χ1v) is 8.63. The minimum Gasteiger partial charge on any atom is -0.329 e. The molecule has 0 aliphatic heterocycles. The minimum absolute atomic E-state index is 0.289. The number of rotatable bonds is 8. The Kier molecular flexibility index (Phi) is 7.38. The van der Waals surface area contributed by atoms with Crippen molar-refractivity contribution in [3.63, 3.8) is 0 Å². The first kappa shape index (κ1) is 17.0. The largest absolute Gasteiger partial charge is 0.329 e. The van der Waals surface area contributed by atoms with E-state index in [1.165, 1.54) is 57.9 Å². The van der Waals surface area contributed by atoms with Gasteiger partial charge in [0, 0.05) is 18.1 Å². The van der Waals surface area contributed by atoms with Crippen molar-refractivity contribution in [2.75, 3.05) is 13.1 Å². The summed E-state index contributed by atoms with van der Waals surface area (Å²) in [5.74, 6) is 0.803. The molecule has 114 valence electrons. The fraction of sp³-hybridized carbons (Fsp3) is 1.00. The highest BCUT2D eigenvalue weighted by Crippen LogP contribution is 2.41. The highest BCUT2D eigenvalue weighted by molar-refractivity contribution is 5.00. The standard InChI is InChI=1S/C17H36N2/c1-5-8-13-19(15(4)6-2)17(14-18)12-10-9-11-16(17)7-3/h15-16H,5-14,18H2,1-4H3. The van der Waals surface area contributed by atoms with E-state index in [9.17, 15) is 0 Å². The van der Waals surface area contributed by atoms with Crippen LogP contribution in [0.4, 0.5) is 0 Å². The van der Waals surface area contributed by atoms with Gasteiger partial charge in [0.25, 0.3) is 0 Å². The van der Waals surface area contributed by atoms with Gasteiger partial charge in [-0.3, -0.25) is 4.90 Å². The molecule has 0 aromatic rings. The van der Waals surface area contributed by atoms with Crippen molar-refractivity contribution in [2.24, 2.45) is 11.7 Å². The molecule has 3 atom stereocenters. The first-order valence-electron chi connectivity index (χ1n) is 8.63. The van der Waals surface area contributed by atoms with Crippen LogP contribution < -0.4 is 5.73 Å². The summed E-state index contributed by atoms with van der Waals surface area (Å²) in [5, 5.41) is 0. The average Bonchev–Trinajstić information content (AvgIpc) is 2.47. The van der Waals surface area contributed by atoms with E-state index < -0.39 is 0 Å². The molecule has 0 radical (unpaired) electrons. The molecule has 1 fully saturated rings. The van der Waals surface area contributed by atoms with Crippen LogP contribution in [0.3, 0.4) is 0 Å². The Hall–Kier alpha value is -0.0800. The van der Waals surface area contributed by atoms with Gasteiger partial charge in [-0.25, -0.2) is 0 Å². The van der Waals surface area contributed by atoms with Crippen molar-refractivity contribution in [3.05, 3.63) is 0 Å². The van der Waals surface area contributed by atoms with Crippen molar-refractivity contribution < 1.29 is 0 Å². The second kappa shape index (κ2) is 8.26. The summed E-state index contributed by atoms with van der Waals surface area (Å²) in [6, 6.07) is 0.669. The van der Waals surface area contributed by atoms with Gasteiger partial charge < -0.3 is 5.73 Å². The van der Waals surface area contributed by atoms with Crippen LogP contribution in [0.1, 0.15) is 79.1 Å². The maximum absolute atomic E-state index is 6.33. The Morgan fingerprint density at radius 1 is 1.26 bits per heavy atom. The zero-order chi connectivity index (χ0) is 14.3. The molecule has 0 saturated heterocycles. The topological polar surface area (TPSA) is 29.3 Å². The van der Waals surface area contributed by atoms with E-state index in [4.69, 9.17) is 5.73 Å². The normalized spacial score (nSPS) is 29.7. The van der Waals surface area contributed by atoms with Crippen molar-refractivity contribution in [3.8, 4) is 0 Å². The molecular weight excluding hydrogens is 232 g/mol. The fourth-order valence-corrected chi connectivity index (χ4v) is 4.07. The Labute approximate surface area is 121 Å². The van der Waals surface area contributed by atoms with Crippen LogP contribution in [0.25, 0.3) is 0 Å². The Bertz CT molecular complexity index is 241. The Morgan fingerprint density at radius 2 is 2.00 bits per heavy atom. The van der Waals surface area contributed by atoms with Crippen LogP contribution in [0.2, 0.25) is 0 Å². The third-order valence-electron chi connectivity index (χ3n) is 5.47. The van der Waals surface area contributed by atoms with E-state index in [1.54, 1.807) is 0 Å². The summed E-state index contributed by atoms with van der Waals surface area (Å²) in [4.78, 5) is 2.80. The molecule has 0 aromatic carbocycles. The lowest BCUT2D eigenvalue weighted by Crippen LogP contribution is -2.62. The van der Waals surface area contributed by atoms with Crippen LogP contribution in [-0.4, -0.2) is 29.6 Å². The predicted molar refractivity (Wildman–Crippen MR) is 85.4 cm³/mol. The summed E-state index contributed by atoms with van der Waals surface area (Å²) >= 11 is 0. The number of unbranched alkanes of at least 4 members (excludes halogenated alkanes) is 1. The quantitative estimate of drug-likeness (QED) is 0.715. The highest BCUT2D eigenvalue weighted by atomic mass is 15.2. The van der Waals surface area contributed by atoms with Gasteiger partial charge in [0.1, 0.15) is 0 Å². The molecule has 19 heavy (non-hydrogen) atoms. The summed E-state index contributed by atoms with van der Waals surface area (Å²) in [7, 11) is 0. The second-order valence-electron chi connectivity index (χ2n) is 6.46. The summed E-state index contributed by atoms with van der Waals surface area (Å²) < 4.78 is 0. The number of hydrogen-bond donors (Lipinski definition) is 1. The third-order valence-corrected chi connectivity index (χ3v) is 5.47. The molecule has 1 saturated carbocycles. The number of nitrogens with zero attached hydrogens (tertiary/aromatic N) is 1. The first-order chi connectivity index (χ1) is 9.16. The van der Waals surface area contributed by atoms with Crippen molar-refractivity contribution in [1.29, 1.82) is 0 Å². The van der Waals surface area contributed by atoms with Gasteiger partial charge in [-0.1, -0.05) is 46.5 Å². The lowest BCUT2D eigenvalue weighted by molar-refractivity contribution is -0.0236. The van der Waals surface area contributed by atoms with Crippen LogP contribution in [0.5, 0.6) is 0 Å². The molecule has 1 aliphatic carbocycles. The molecule has 2 N–H and O–H groups in total. The van der Waals surface area contributed by atoms with Gasteiger partial charge in [-0.2, -0.15) is 0 Å². The molecule has 3 unspecified atom stereocenters. The molecular formula is C17H36N2. The molecule has 0 spiro atoms. The highest BCUT2D eigenvalue weighted by Gasteiger charge is 2.44. The molecule has 2 heteroatoms. The summed E-state index contributed by atoms with van der Waals surface area (Å²) in [6.45, 7) is 11.4. The Morgan fingerprint density at radius 3 is 2.53 bits per heavy atom. The lowest BCUT2D eigenvalue weighted by atomic mass is 9.69. The maximum atomic E-state index is 6.33. The molecule has 0 heterocycles. The van der Waals surface area contributed by atoms with E-state index in [0.29, 0.717) is 6.04 Å². The monoisotopic (exact) mass is 268 g/mol. The van der Waals surface area contributed by atoms with Gasteiger partial charge in [0.05, 0.1) is 0 Å². The average molecular weight is 268 g/mol. The zero-order valence-corrected chi connectivity index (χ0v) is 13.8. The van der Waals surface area contributed by atoms with Crippen molar-refractivity contribution in [1.82, 2.24) is 4.90 Å². The summed E-state index contributed by atoms with van der Waals surface area (Å²) in [5.41, 5.74) is 6.62. The van der Waals surface area contributed by atoms with Crippen molar-refractivity contribution in [2.45, 2.75) is 90.6 Å². The van der Waals surface area contributed by atoms with Gasteiger partial charge in [-0.15, -0.1) is 0 Å². The van der Waals surface area contributed by atoms with E-state index in [1.807, 2.05) is 0 Å². The van der Waals surface area contributed by atoms with E-state index >= 15 is 0 Å². The maximum Gasteiger partial charge on any atom is 0.0362 e. The zero-order valence-electron chi connectivity index (χ0n) is 13.8. The smallest absolute Gasteiger partial charge is 0.0362 e. The molecule has 1 aliphatic rings. The molecule has 1 rings (SSSR count). The lowest BCUT2D eigenvalue weighted by Gasteiger charge is -2.53. The molecule has 0 bridgehead atoms. The molecule has 0 aromatic heterocycles. The number of nitrogens with two attached hydrogens (primary N) is 1. The van der Waals surface area contributed by atoms with Gasteiger partial charge in [0.15, 0.2) is 0 Å². The van der Waals surface area contributed by atoms with E-state index in [0.717, 1.165) is 12.5 Å². The van der Waals surface area contributed by atoms with E-state index in [2.05, 4.69) is 32.6 Å². The number of hydrogen-bond acceptors (Lipinski definition) is 2. The molecule has 2 nitrogen and oxygen atoms in total. The summed E-state index contributed by atoms with van der Waals surface area (Å²) in [6.07, 6.45) is 10.6. The van der Waals surface area contributed by atoms with Gasteiger partial charge >= 0.3 is 0 Å². The van der Waals surface area contributed by atoms with Gasteiger partial charge in [0.2, 0.25) is 0 Å². The van der Waals surface area contributed by atoms with Crippen LogP contribution in [-0.2, 0) is 0 Å². The predicted octanol–water partition coefficient (Wildman–Crippen LogP) is 4.18. The van der Waals surface area contributed by atoms with E-state index in [-0.39, 0.29) is 5.54 Å². The Balaban J connectivity index is 2.96. The molecule has 0 amide bonds. The minimum atomic E-state index is 0.289. The third kappa shape index (κ3) is 3.72. The second-order valence-corrected chi connectivity index (χ2v) is 6.46. The van der Waals surface area contributed by atoms with Gasteiger partial charge in [-0.05, 0) is 45.1 Å². The fourth-order valence-electron chi connectivity index (χ4n) is 4.07. The van der Waals surface area contributed by atoms with Crippen LogP contribution >= 0.6 is 0 Å². The van der Waals surface area contributed by atoms with Crippen LogP contribution in [0, 0.1) is 5.92 Å². The van der Waals surface area contributed by atoms with Crippen LogP contribution in [0.15, 0.2) is 0 Å². The SMILES string of the molecule is CCCCN(C(C)CC)C1(CN)CCCCC1CC.